The lowest BCUT2D eigenvalue weighted by molar-refractivity contribution is -0.143. The van der Waals surface area contributed by atoms with Crippen molar-refractivity contribution in [1.82, 2.24) is 14.7 Å². The van der Waals surface area contributed by atoms with Gasteiger partial charge in [0, 0.05) is 48.8 Å². The fourth-order valence-electron chi connectivity index (χ4n) is 6.42. The number of ketones is 1. The first-order chi connectivity index (χ1) is 22.7. The molecule has 3 aromatic rings. The van der Waals surface area contributed by atoms with Crippen molar-refractivity contribution in [2.24, 2.45) is 5.92 Å². The van der Waals surface area contributed by atoms with Crippen LogP contribution < -0.4 is 5.56 Å². The van der Waals surface area contributed by atoms with Crippen LogP contribution in [0, 0.1) is 38.3 Å². The summed E-state index contributed by atoms with van der Waals surface area (Å²) in [6, 6.07) is 8.83. The molecule has 48 heavy (non-hydrogen) atoms. The van der Waals surface area contributed by atoms with Gasteiger partial charge in [0.25, 0.3) is 5.56 Å². The summed E-state index contributed by atoms with van der Waals surface area (Å²) < 4.78 is 50.5. The van der Waals surface area contributed by atoms with Crippen LogP contribution in [-0.2, 0) is 20.7 Å². The second kappa shape index (κ2) is 16.2. The molecule has 1 saturated heterocycles. The van der Waals surface area contributed by atoms with Gasteiger partial charge in [0.1, 0.15) is 12.2 Å². The van der Waals surface area contributed by atoms with Crippen LogP contribution in [-0.4, -0.2) is 69.1 Å². The molecule has 0 N–H and O–H groups in total. The van der Waals surface area contributed by atoms with Gasteiger partial charge in [-0.25, -0.2) is 17.9 Å². The summed E-state index contributed by atoms with van der Waals surface area (Å²) in [6.07, 6.45) is -0.744. The number of aromatic nitrogens is 2. The number of likely N-dealkylation sites (tertiary alicyclic amines) is 1. The summed E-state index contributed by atoms with van der Waals surface area (Å²) in [5.41, 5.74) is 3.39. The number of alkyl halides is 1. The molecule has 0 aliphatic carbocycles. The predicted molar refractivity (Wildman–Crippen MR) is 181 cm³/mol. The molecule has 4 rings (SSSR count). The van der Waals surface area contributed by atoms with Gasteiger partial charge in [-0.15, -0.1) is 0 Å². The highest BCUT2D eigenvalue weighted by molar-refractivity contribution is 6.14. The fourth-order valence-corrected chi connectivity index (χ4v) is 6.75. The molecule has 1 aromatic heterocycles. The predicted octanol–water partition coefficient (Wildman–Crippen LogP) is 6.55. The Bertz CT molecular complexity index is 1670. The van der Waals surface area contributed by atoms with Crippen LogP contribution in [0.1, 0.15) is 79.9 Å². The van der Waals surface area contributed by atoms with Gasteiger partial charge >= 0.3 is 5.97 Å². The smallest absolute Gasteiger partial charge is 0.306 e. The van der Waals surface area contributed by atoms with Crippen molar-refractivity contribution in [1.29, 1.82) is 0 Å². The monoisotopic (exact) mass is 680 g/mol. The quantitative estimate of drug-likeness (QED) is 0.134. The molecule has 7 nitrogen and oxygen atoms in total. The maximum absolute atomic E-state index is 15.6. The van der Waals surface area contributed by atoms with Crippen LogP contribution in [0.25, 0.3) is 11.1 Å². The van der Waals surface area contributed by atoms with Crippen molar-refractivity contribution in [3.63, 3.8) is 0 Å². The molecule has 3 radical (unpaired) electrons. The van der Waals surface area contributed by atoms with Crippen LogP contribution in [0.5, 0.6) is 0 Å². The van der Waals surface area contributed by atoms with E-state index in [9.17, 15) is 18.8 Å². The van der Waals surface area contributed by atoms with Gasteiger partial charge in [0.05, 0.1) is 18.7 Å². The molecule has 2 heterocycles. The molecule has 3 atom stereocenters. The van der Waals surface area contributed by atoms with E-state index in [0.717, 1.165) is 22.8 Å². The molecule has 1 unspecified atom stereocenters. The van der Waals surface area contributed by atoms with Gasteiger partial charge in [-0.2, -0.15) is 5.10 Å². The van der Waals surface area contributed by atoms with Crippen LogP contribution >= 0.6 is 0 Å². The highest BCUT2D eigenvalue weighted by atomic mass is 28.1. The first kappa shape index (κ1) is 37.2. The standard InChI is InChI=1S/C37H45F3N3O4Si/c1-7-47-33(46)18-25(28-16-26(17-29(39)35(28)40)34-22(4)9-8-10-23(34)5)11-12-31(44)36(37(48)21(2)3)43-32(45)15-24(6)30(41-43)13-14-42-19-27(38)20-42/h8-10,15-17,21,25,27,36-37H,7,11-14,18-20H2,1-6H3/t25-,36+,37?/m0/s1. The molecule has 0 amide bonds. The first-order valence-electron chi connectivity index (χ1n) is 16.6. The van der Waals surface area contributed by atoms with Crippen LogP contribution in [0.15, 0.2) is 41.2 Å². The van der Waals surface area contributed by atoms with Crippen molar-refractivity contribution < 1.29 is 27.5 Å². The van der Waals surface area contributed by atoms with Gasteiger partial charge in [-0.3, -0.25) is 19.3 Å². The number of Topliss-reactive ketones (excluding diaryl/α,β-unsaturated/α-hetero) is 1. The van der Waals surface area contributed by atoms with Crippen molar-refractivity contribution >= 4 is 22.0 Å². The third-order valence-electron chi connectivity index (χ3n) is 9.20. The zero-order chi connectivity index (χ0) is 35.3. The van der Waals surface area contributed by atoms with Gasteiger partial charge in [-0.05, 0) is 97.0 Å². The molecule has 1 fully saturated rings. The second-order valence-electron chi connectivity index (χ2n) is 13.2. The highest BCUT2D eigenvalue weighted by Gasteiger charge is 2.33. The maximum Gasteiger partial charge on any atom is 0.306 e. The van der Waals surface area contributed by atoms with E-state index in [1.165, 1.54) is 10.7 Å². The van der Waals surface area contributed by atoms with Crippen LogP contribution in [0.3, 0.4) is 0 Å². The van der Waals surface area contributed by atoms with E-state index < -0.39 is 46.8 Å². The normalized spacial score (nSPS) is 15.6. The highest BCUT2D eigenvalue weighted by Crippen LogP contribution is 2.37. The van der Waals surface area contributed by atoms with E-state index in [-0.39, 0.29) is 43.1 Å². The van der Waals surface area contributed by atoms with Gasteiger partial charge in [0.15, 0.2) is 17.4 Å². The summed E-state index contributed by atoms with van der Waals surface area (Å²) in [5.74, 6) is -4.01. The molecule has 0 saturated carbocycles. The summed E-state index contributed by atoms with van der Waals surface area (Å²) in [7, 11) is 3.71. The molecular weight excluding hydrogens is 636 g/mol. The lowest BCUT2D eigenvalue weighted by Crippen LogP contribution is -2.49. The number of benzene rings is 2. The molecule has 0 spiro atoms. The van der Waals surface area contributed by atoms with Crippen molar-refractivity contribution in [3.8, 4) is 11.1 Å². The number of esters is 1. The van der Waals surface area contributed by atoms with E-state index in [0.29, 0.717) is 42.9 Å². The number of nitrogens with zero attached hydrogens (tertiary/aromatic N) is 3. The van der Waals surface area contributed by atoms with Gasteiger partial charge in [0.2, 0.25) is 0 Å². The molecule has 2 aromatic carbocycles. The minimum absolute atomic E-state index is 0.00454. The van der Waals surface area contributed by atoms with Gasteiger partial charge < -0.3 is 4.74 Å². The summed E-state index contributed by atoms with van der Waals surface area (Å²) in [6.45, 7) is 12.5. The number of hydrogen-bond acceptors (Lipinski definition) is 6. The summed E-state index contributed by atoms with van der Waals surface area (Å²) >= 11 is 0. The number of rotatable bonds is 15. The Morgan fingerprint density at radius 2 is 1.73 bits per heavy atom. The van der Waals surface area contributed by atoms with E-state index in [2.05, 4.69) is 15.3 Å². The van der Waals surface area contributed by atoms with Gasteiger partial charge in [-0.1, -0.05) is 32.0 Å². The Hall–Kier alpha value is -3.57. The number of aryl methyl sites for hydroxylation is 3. The molecule has 1 aliphatic rings. The largest absolute Gasteiger partial charge is 0.466 e. The lowest BCUT2D eigenvalue weighted by atomic mass is 9.85. The average molecular weight is 681 g/mol. The van der Waals surface area contributed by atoms with Crippen molar-refractivity contribution in [2.45, 2.75) is 90.9 Å². The van der Waals surface area contributed by atoms with Crippen LogP contribution in [0.2, 0.25) is 5.54 Å². The third-order valence-corrected chi connectivity index (χ3v) is 10.2. The van der Waals surface area contributed by atoms with E-state index in [4.69, 9.17) is 4.74 Å². The van der Waals surface area contributed by atoms with E-state index >= 15 is 8.78 Å². The van der Waals surface area contributed by atoms with Crippen molar-refractivity contribution in [2.75, 3.05) is 26.2 Å². The van der Waals surface area contributed by atoms with Crippen molar-refractivity contribution in [3.05, 3.63) is 86.3 Å². The minimum atomic E-state index is -1.08. The number of carbonyl (C=O) groups is 2. The number of ether oxygens (including phenoxy) is 1. The zero-order valence-electron chi connectivity index (χ0n) is 28.6. The Morgan fingerprint density at radius 3 is 2.33 bits per heavy atom. The molecule has 257 valence electrons. The summed E-state index contributed by atoms with van der Waals surface area (Å²) in [4.78, 5) is 42.1. The molecule has 11 heteroatoms. The number of halogens is 3. The number of hydrogen-bond donors (Lipinski definition) is 0. The zero-order valence-corrected chi connectivity index (χ0v) is 29.6. The number of carbonyl (C=O) groups excluding carboxylic acids is 2. The Balaban J connectivity index is 1.68. The third kappa shape index (κ3) is 8.71. The fraction of sp³-hybridized carbons (Fsp3) is 0.514. The minimum Gasteiger partial charge on any atom is -0.466 e. The Labute approximate surface area is 284 Å². The topological polar surface area (TPSA) is 81.5 Å². The Kier molecular flexibility index (Phi) is 12.6. The molecule has 1 aliphatic heterocycles. The first-order valence-corrected chi connectivity index (χ1v) is 17.2. The molecular formula is C37H45F3N3O4Si. The lowest BCUT2D eigenvalue weighted by Gasteiger charge is -2.34. The van der Waals surface area contributed by atoms with E-state index in [1.807, 2.05) is 50.8 Å². The Morgan fingerprint density at radius 1 is 1.06 bits per heavy atom. The van der Waals surface area contributed by atoms with Crippen LogP contribution in [0.4, 0.5) is 13.2 Å². The second-order valence-corrected chi connectivity index (χ2v) is 13.9. The SMILES string of the molecule is CCOC(=O)C[C@H](CCC(=O)[C@H](C([Si])C(C)C)n1nc(CCN2CC(F)C2)c(C)cc1=O)c1cc(-c2c(C)cccc2C)cc(F)c1F. The molecule has 0 bridgehead atoms. The average Bonchev–Trinajstić information content (AvgIpc) is 3.00. The maximum atomic E-state index is 15.6. The van der Waals surface area contributed by atoms with E-state index in [1.54, 1.807) is 19.9 Å². The summed E-state index contributed by atoms with van der Waals surface area (Å²) in [5, 5.41) is 4.64.